The van der Waals surface area contributed by atoms with Gasteiger partial charge in [-0.1, -0.05) is 11.8 Å². The number of furan rings is 1. The standard InChI is InChI=1S/C23H21N5O4S/c1-2-31-22(30)17-5-7-18(8-6-17)25-20(29)15-33-23-27-26-21(16-9-11-24-12-10-16)28(23)14-19-4-3-13-32-19/h3-13H,2,14-15H2,1H3,(H,25,29). The predicted molar refractivity (Wildman–Crippen MR) is 123 cm³/mol. The first-order chi connectivity index (χ1) is 16.1. The van der Waals surface area contributed by atoms with Gasteiger partial charge in [-0.25, -0.2) is 4.79 Å². The molecule has 4 aromatic rings. The maximum atomic E-state index is 12.5. The second-order valence-corrected chi connectivity index (χ2v) is 7.78. The molecule has 33 heavy (non-hydrogen) atoms. The molecule has 3 aromatic heterocycles. The molecular formula is C23H21N5O4S. The Kier molecular flexibility index (Phi) is 7.16. The minimum Gasteiger partial charge on any atom is -0.467 e. The zero-order valence-corrected chi connectivity index (χ0v) is 18.6. The van der Waals surface area contributed by atoms with Crippen LogP contribution in [-0.2, 0) is 16.1 Å². The highest BCUT2D eigenvalue weighted by atomic mass is 32.2. The molecule has 168 valence electrons. The number of nitrogens with zero attached hydrogens (tertiary/aromatic N) is 4. The fourth-order valence-electron chi connectivity index (χ4n) is 3.04. The Balaban J connectivity index is 1.44. The molecule has 0 aliphatic carbocycles. The number of pyridine rings is 1. The molecule has 0 unspecified atom stereocenters. The Morgan fingerprint density at radius 2 is 1.88 bits per heavy atom. The van der Waals surface area contributed by atoms with Gasteiger partial charge in [0.15, 0.2) is 11.0 Å². The minimum absolute atomic E-state index is 0.131. The Hall–Kier alpha value is -3.92. The lowest BCUT2D eigenvalue weighted by Crippen LogP contribution is -2.15. The molecule has 1 aromatic carbocycles. The van der Waals surface area contributed by atoms with Crippen LogP contribution in [0, 0.1) is 0 Å². The number of nitrogens with one attached hydrogen (secondary N) is 1. The lowest BCUT2D eigenvalue weighted by molar-refractivity contribution is -0.113. The Morgan fingerprint density at radius 1 is 1.09 bits per heavy atom. The van der Waals surface area contributed by atoms with Gasteiger partial charge in [0.2, 0.25) is 5.91 Å². The van der Waals surface area contributed by atoms with Crippen LogP contribution in [0.3, 0.4) is 0 Å². The average Bonchev–Trinajstić information content (AvgIpc) is 3.49. The summed E-state index contributed by atoms with van der Waals surface area (Å²) in [5, 5.41) is 12.0. The molecule has 1 N–H and O–H groups in total. The summed E-state index contributed by atoms with van der Waals surface area (Å²) in [6.07, 6.45) is 4.99. The molecule has 0 bridgehead atoms. The van der Waals surface area contributed by atoms with Gasteiger partial charge in [0.25, 0.3) is 0 Å². The van der Waals surface area contributed by atoms with Crippen LogP contribution in [0.1, 0.15) is 23.0 Å². The van der Waals surface area contributed by atoms with E-state index in [4.69, 9.17) is 9.15 Å². The molecule has 0 saturated heterocycles. The molecule has 9 nitrogen and oxygen atoms in total. The first-order valence-electron chi connectivity index (χ1n) is 10.2. The fraction of sp³-hybridized carbons (Fsp3) is 0.174. The van der Waals surface area contributed by atoms with Crippen LogP contribution in [0.15, 0.2) is 76.8 Å². The summed E-state index contributed by atoms with van der Waals surface area (Å²) >= 11 is 1.27. The number of hydrogen-bond acceptors (Lipinski definition) is 8. The number of ether oxygens (including phenoxy) is 1. The first-order valence-corrected chi connectivity index (χ1v) is 11.2. The zero-order chi connectivity index (χ0) is 23.0. The normalized spacial score (nSPS) is 10.7. The summed E-state index contributed by atoms with van der Waals surface area (Å²) in [4.78, 5) is 28.3. The van der Waals surface area contributed by atoms with Crippen molar-refractivity contribution in [2.24, 2.45) is 0 Å². The van der Waals surface area contributed by atoms with Crippen LogP contribution in [0.4, 0.5) is 5.69 Å². The summed E-state index contributed by atoms with van der Waals surface area (Å²) in [7, 11) is 0. The largest absolute Gasteiger partial charge is 0.467 e. The monoisotopic (exact) mass is 463 g/mol. The van der Waals surface area contributed by atoms with E-state index in [9.17, 15) is 9.59 Å². The van der Waals surface area contributed by atoms with Crippen molar-refractivity contribution < 1.29 is 18.7 Å². The van der Waals surface area contributed by atoms with Crippen LogP contribution < -0.4 is 5.32 Å². The summed E-state index contributed by atoms with van der Waals surface area (Å²) in [5.41, 5.74) is 1.88. The van der Waals surface area contributed by atoms with Gasteiger partial charge in [-0.15, -0.1) is 10.2 Å². The molecular weight excluding hydrogens is 442 g/mol. The van der Waals surface area contributed by atoms with Gasteiger partial charge in [0.1, 0.15) is 5.76 Å². The summed E-state index contributed by atoms with van der Waals surface area (Å²) < 4.78 is 12.4. The highest BCUT2D eigenvalue weighted by molar-refractivity contribution is 7.99. The zero-order valence-electron chi connectivity index (χ0n) is 17.8. The van der Waals surface area contributed by atoms with Crippen LogP contribution >= 0.6 is 11.8 Å². The second-order valence-electron chi connectivity index (χ2n) is 6.84. The average molecular weight is 464 g/mol. The van der Waals surface area contributed by atoms with E-state index in [2.05, 4.69) is 20.5 Å². The van der Waals surface area contributed by atoms with Gasteiger partial charge in [0, 0.05) is 23.6 Å². The van der Waals surface area contributed by atoms with E-state index in [-0.39, 0.29) is 11.7 Å². The number of thioether (sulfide) groups is 1. The molecule has 0 aliphatic rings. The van der Waals surface area contributed by atoms with E-state index in [0.717, 1.165) is 11.3 Å². The molecule has 0 aliphatic heterocycles. The Bertz CT molecular complexity index is 1210. The predicted octanol–water partition coefficient (Wildman–Crippen LogP) is 3.89. The van der Waals surface area contributed by atoms with Gasteiger partial charge >= 0.3 is 5.97 Å². The van der Waals surface area contributed by atoms with Crippen LogP contribution in [0.5, 0.6) is 0 Å². The van der Waals surface area contributed by atoms with Crippen molar-refractivity contribution in [3.8, 4) is 11.4 Å². The molecule has 3 heterocycles. The van der Waals surface area contributed by atoms with Crippen LogP contribution in [-0.4, -0.2) is 44.0 Å². The minimum atomic E-state index is -0.396. The molecule has 1 amide bonds. The van der Waals surface area contributed by atoms with Gasteiger partial charge < -0.3 is 14.5 Å². The SMILES string of the molecule is CCOC(=O)c1ccc(NC(=O)CSc2nnc(-c3ccncc3)n2Cc2ccco2)cc1. The van der Waals surface area contributed by atoms with Gasteiger partial charge in [0.05, 0.1) is 30.7 Å². The van der Waals surface area contributed by atoms with Crippen molar-refractivity contribution in [2.45, 2.75) is 18.6 Å². The smallest absolute Gasteiger partial charge is 0.338 e. The third-order valence-corrected chi connectivity index (χ3v) is 5.53. The van der Waals surface area contributed by atoms with Crippen molar-refractivity contribution in [2.75, 3.05) is 17.7 Å². The van der Waals surface area contributed by atoms with E-state index in [1.54, 1.807) is 49.8 Å². The Morgan fingerprint density at radius 3 is 2.58 bits per heavy atom. The van der Waals surface area contributed by atoms with Crippen molar-refractivity contribution in [1.29, 1.82) is 0 Å². The van der Waals surface area contributed by atoms with Gasteiger partial charge in [-0.2, -0.15) is 0 Å². The van der Waals surface area contributed by atoms with Crippen LogP contribution in [0.25, 0.3) is 11.4 Å². The third-order valence-electron chi connectivity index (χ3n) is 4.56. The number of carbonyl (C=O) groups is 2. The van der Waals surface area contributed by atoms with E-state index in [1.807, 2.05) is 28.8 Å². The molecule has 0 atom stereocenters. The highest BCUT2D eigenvalue weighted by Crippen LogP contribution is 2.25. The molecule has 4 rings (SSSR count). The molecule has 0 spiro atoms. The van der Waals surface area contributed by atoms with Crippen molar-refractivity contribution >= 4 is 29.3 Å². The van der Waals surface area contributed by atoms with Gasteiger partial charge in [-0.05, 0) is 55.5 Å². The van der Waals surface area contributed by atoms with E-state index in [1.165, 1.54) is 11.8 Å². The summed E-state index contributed by atoms with van der Waals surface area (Å²) in [5.74, 6) is 0.935. The molecule has 0 saturated carbocycles. The summed E-state index contributed by atoms with van der Waals surface area (Å²) in [6.45, 7) is 2.48. The van der Waals surface area contributed by atoms with E-state index >= 15 is 0 Å². The molecule has 10 heteroatoms. The second kappa shape index (κ2) is 10.6. The lowest BCUT2D eigenvalue weighted by atomic mass is 10.2. The van der Waals surface area contributed by atoms with Crippen molar-refractivity contribution in [3.05, 3.63) is 78.5 Å². The van der Waals surface area contributed by atoms with E-state index < -0.39 is 5.97 Å². The number of hydrogen-bond donors (Lipinski definition) is 1. The highest BCUT2D eigenvalue weighted by Gasteiger charge is 2.17. The topological polar surface area (TPSA) is 112 Å². The third kappa shape index (κ3) is 5.66. The van der Waals surface area contributed by atoms with Crippen LogP contribution in [0.2, 0.25) is 0 Å². The lowest BCUT2D eigenvalue weighted by Gasteiger charge is -2.09. The number of aromatic nitrogens is 4. The van der Waals surface area contributed by atoms with Gasteiger partial charge in [-0.3, -0.25) is 14.3 Å². The first kappa shape index (κ1) is 22.3. The maximum Gasteiger partial charge on any atom is 0.338 e. The molecule has 0 radical (unpaired) electrons. The van der Waals surface area contributed by atoms with Crippen molar-refractivity contribution in [1.82, 2.24) is 19.7 Å². The molecule has 0 fully saturated rings. The summed E-state index contributed by atoms with van der Waals surface area (Å²) in [6, 6.07) is 13.9. The Labute approximate surface area is 194 Å². The van der Waals surface area contributed by atoms with E-state index in [0.29, 0.717) is 35.4 Å². The number of benzene rings is 1. The fourth-order valence-corrected chi connectivity index (χ4v) is 3.78. The number of esters is 1. The number of rotatable bonds is 9. The number of carbonyl (C=O) groups excluding carboxylic acids is 2. The quantitative estimate of drug-likeness (QED) is 0.294. The number of amides is 1. The maximum absolute atomic E-state index is 12.5. The van der Waals surface area contributed by atoms with Crippen molar-refractivity contribution in [3.63, 3.8) is 0 Å². The number of anilines is 1.